The summed E-state index contributed by atoms with van der Waals surface area (Å²) in [6, 6.07) is 2.20. The third-order valence-corrected chi connectivity index (χ3v) is 8.49. The Kier molecular flexibility index (Phi) is 4.59. The lowest BCUT2D eigenvalue weighted by atomic mass is 10.1. The van der Waals surface area contributed by atoms with Crippen molar-refractivity contribution in [2.75, 3.05) is 18.1 Å². The first kappa shape index (κ1) is 17.4. The van der Waals surface area contributed by atoms with Gasteiger partial charge < -0.3 is 4.57 Å². The van der Waals surface area contributed by atoms with Gasteiger partial charge in [0.2, 0.25) is 0 Å². The SMILES string of the molecule is Cn1c(CC2CCS(=O)(=O)C2)nn(CN2CCc3sccc3C2)c1=S. The van der Waals surface area contributed by atoms with Crippen LogP contribution in [0.15, 0.2) is 11.4 Å². The summed E-state index contributed by atoms with van der Waals surface area (Å²) in [5.74, 6) is 1.64. The van der Waals surface area contributed by atoms with E-state index in [0.29, 0.717) is 23.6 Å². The maximum atomic E-state index is 11.7. The van der Waals surface area contributed by atoms with Gasteiger partial charge in [-0.05, 0) is 48.0 Å². The van der Waals surface area contributed by atoms with Crippen molar-refractivity contribution in [1.82, 2.24) is 19.2 Å². The van der Waals surface area contributed by atoms with E-state index in [-0.39, 0.29) is 11.7 Å². The quantitative estimate of drug-likeness (QED) is 0.738. The monoisotopic (exact) mass is 398 g/mol. The van der Waals surface area contributed by atoms with E-state index in [1.807, 2.05) is 27.6 Å². The smallest absolute Gasteiger partial charge is 0.198 e. The van der Waals surface area contributed by atoms with Crippen LogP contribution in [0.4, 0.5) is 0 Å². The second-order valence-electron chi connectivity index (χ2n) is 7.04. The van der Waals surface area contributed by atoms with Gasteiger partial charge in [-0.15, -0.1) is 11.3 Å². The first-order valence-electron chi connectivity index (χ1n) is 8.52. The zero-order chi connectivity index (χ0) is 17.6. The fourth-order valence-corrected chi connectivity index (χ4v) is 6.67. The highest BCUT2D eigenvalue weighted by Crippen LogP contribution is 2.25. The Balaban J connectivity index is 1.47. The molecule has 0 N–H and O–H groups in total. The number of rotatable bonds is 4. The number of fused-ring (bicyclic) bond motifs is 1. The van der Waals surface area contributed by atoms with Crippen molar-refractivity contribution in [2.24, 2.45) is 13.0 Å². The van der Waals surface area contributed by atoms with Gasteiger partial charge in [-0.2, -0.15) is 5.10 Å². The van der Waals surface area contributed by atoms with Crippen molar-refractivity contribution in [3.8, 4) is 0 Å². The third kappa shape index (κ3) is 3.60. The highest BCUT2D eigenvalue weighted by Gasteiger charge is 2.29. The van der Waals surface area contributed by atoms with Crippen LogP contribution in [0, 0.1) is 10.7 Å². The highest BCUT2D eigenvalue weighted by atomic mass is 32.2. The normalized spacial score (nSPS) is 23.0. The Hall–Kier alpha value is -1.03. The van der Waals surface area contributed by atoms with E-state index in [9.17, 15) is 8.42 Å². The van der Waals surface area contributed by atoms with E-state index >= 15 is 0 Å². The number of nitrogens with zero attached hydrogens (tertiary/aromatic N) is 4. The molecule has 1 atom stereocenters. The number of hydrogen-bond acceptors (Lipinski definition) is 6. The van der Waals surface area contributed by atoms with Gasteiger partial charge in [-0.25, -0.2) is 13.1 Å². The van der Waals surface area contributed by atoms with Crippen molar-refractivity contribution in [3.05, 3.63) is 32.5 Å². The van der Waals surface area contributed by atoms with Gasteiger partial charge in [0.15, 0.2) is 14.6 Å². The zero-order valence-electron chi connectivity index (χ0n) is 14.2. The molecule has 9 heteroatoms. The van der Waals surface area contributed by atoms with Crippen molar-refractivity contribution < 1.29 is 8.42 Å². The molecule has 0 spiro atoms. The van der Waals surface area contributed by atoms with E-state index in [0.717, 1.165) is 31.8 Å². The van der Waals surface area contributed by atoms with E-state index in [1.54, 1.807) is 0 Å². The Morgan fingerprint density at radius 3 is 3.04 bits per heavy atom. The van der Waals surface area contributed by atoms with Crippen molar-refractivity contribution in [3.63, 3.8) is 0 Å². The summed E-state index contributed by atoms with van der Waals surface area (Å²) in [6.07, 6.45) is 2.50. The van der Waals surface area contributed by atoms with Gasteiger partial charge in [0.1, 0.15) is 5.82 Å². The number of sulfone groups is 1. The molecule has 25 heavy (non-hydrogen) atoms. The van der Waals surface area contributed by atoms with E-state index in [2.05, 4.69) is 16.3 Å². The van der Waals surface area contributed by atoms with Crippen LogP contribution in [0.2, 0.25) is 0 Å². The molecule has 1 fully saturated rings. The molecular formula is C16H22N4O2S3. The Bertz CT molecular complexity index is 941. The molecule has 4 heterocycles. The molecule has 1 unspecified atom stereocenters. The highest BCUT2D eigenvalue weighted by molar-refractivity contribution is 7.91. The molecule has 6 nitrogen and oxygen atoms in total. The van der Waals surface area contributed by atoms with Crippen LogP contribution >= 0.6 is 23.6 Å². The minimum atomic E-state index is -2.85. The first-order chi connectivity index (χ1) is 11.9. The zero-order valence-corrected chi connectivity index (χ0v) is 16.7. The van der Waals surface area contributed by atoms with Crippen LogP contribution in [0.3, 0.4) is 0 Å². The molecule has 136 valence electrons. The number of hydrogen-bond donors (Lipinski definition) is 0. The summed E-state index contributed by atoms with van der Waals surface area (Å²) in [7, 11) is -0.926. The lowest BCUT2D eigenvalue weighted by molar-refractivity contribution is 0.189. The summed E-state index contributed by atoms with van der Waals surface area (Å²) >= 11 is 7.39. The van der Waals surface area contributed by atoms with Crippen LogP contribution in [0.25, 0.3) is 0 Å². The molecule has 0 amide bonds. The minimum Gasteiger partial charge on any atom is -0.307 e. The molecule has 4 rings (SSSR count). The summed E-state index contributed by atoms with van der Waals surface area (Å²) in [6.45, 7) is 2.64. The van der Waals surface area contributed by atoms with Gasteiger partial charge in [-0.3, -0.25) is 4.90 Å². The minimum absolute atomic E-state index is 0.164. The Morgan fingerprint density at radius 2 is 2.28 bits per heavy atom. The van der Waals surface area contributed by atoms with Crippen LogP contribution in [-0.4, -0.2) is 45.7 Å². The fraction of sp³-hybridized carbons (Fsp3) is 0.625. The standard InChI is InChI=1S/C16H22N4O2S3/c1-18-15(8-12-4-7-25(21,22)10-12)17-20(16(18)23)11-19-5-2-14-13(9-19)3-6-24-14/h3,6,12H,2,4-5,7-11H2,1H3. The summed E-state index contributed by atoms with van der Waals surface area (Å²) in [5.41, 5.74) is 1.41. The number of thiophene rings is 1. The van der Waals surface area contributed by atoms with E-state index in [1.165, 1.54) is 10.4 Å². The first-order valence-corrected chi connectivity index (χ1v) is 11.6. The van der Waals surface area contributed by atoms with E-state index in [4.69, 9.17) is 17.3 Å². The Labute approximate surface area is 157 Å². The number of aromatic nitrogens is 3. The predicted molar refractivity (Wildman–Crippen MR) is 101 cm³/mol. The summed E-state index contributed by atoms with van der Waals surface area (Å²) in [5, 5.41) is 6.86. The molecule has 0 aromatic carbocycles. The molecule has 1 saturated heterocycles. The van der Waals surface area contributed by atoms with Crippen LogP contribution < -0.4 is 0 Å². The lowest BCUT2D eigenvalue weighted by Gasteiger charge is -2.26. The molecule has 0 saturated carbocycles. The molecule has 2 aliphatic rings. The maximum absolute atomic E-state index is 11.7. The van der Waals surface area contributed by atoms with Gasteiger partial charge in [-0.1, -0.05) is 0 Å². The molecule has 0 aliphatic carbocycles. The van der Waals surface area contributed by atoms with E-state index < -0.39 is 9.84 Å². The molecule has 2 aliphatic heterocycles. The molecular weight excluding hydrogens is 376 g/mol. The van der Waals surface area contributed by atoms with Gasteiger partial charge in [0, 0.05) is 31.4 Å². The summed E-state index contributed by atoms with van der Waals surface area (Å²) in [4.78, 5) is 3.85. The van der Waals surface area contributed by atoms with Crippen LogP contribution in [-0.2, 0) is 42.9 Å². The van der Waals surface area contributed by atoms with Crippen LogP contribution in [0.1, 0.15) is 22.7 Å². The van der Waals surface area contributed by atoms with Crippen molar-refractivity contribution >= 4 is 33.4 Å². The molecule has 2 aromatic heterocycles. The lowest BCUT2D eigenvalue weighted by Crippen LogP contribution is -2.32. The van der Waals surface area contributed by atoms with Gasteiger partial charge >= 0.3 is 0 Å². The maximum Gasteiger partial charge on any atom is 0.198 e. The predicted octanol–water partition coefficient (Wildman–Crippen LogP) is 2.01. The third-order valence-electron chi connectivity index (χ3n) is 5.15. The largest absolute Gasteiger partial charge is 0.307 e. The van der Waals surface area contributed by atoms with Gasteiger partial charge in [0.25, 0.3) is 0 Å². The summed E-state index contributed by atoms with van der Waals surface area (Å²) < 4.78 is 27.9. The van der Waals surface area contributed by atoms with Crippen molar-refractivity contribution in [1.29, 1.82) is 0 Å². The second kappa shape index (κ2) is 6.61. The topological polar surface area (TPSA) is 60.1 Å². The Morgan fingerprint density at radius 1 is 1.44 bits per heavy atom. The molecule has 0 radical (unpaired) electrons. The fourth-order valence-electron chi connectivity index (χ4n) is 3.71. The molecule has 0 bridgehead atoms. The van der Waals surface area contributed by atoms with Gasteiger partial charge in [0.05, 0.1) is 18.2 Å². The molecule has 2 aromatic rings. The average Bonchev–Trinajstić information content (AvgIpc) is 3.23. The van der Waals surface area contributed by atoms with Crippen LogP contribution in [0.5, 0.6) is 0 Å². The van der Waals surface area contributed by atoms with Crippen molar-refractivity contribution in [2.45, 2.75) is 32.5 Å². The average molecular weight is 399 g/mol. The second-order valence-corrected chi connectivity index (χ2v) is 10.6.